The summed E-state index contributed by atoms with van der Waals surface area (Å²) in [5.74, 6) is 2.69. The van der Waals surface area contributed by atoms with Crippen molar-refractivity contribution in [2.24, 2.45) is 4.99 Å². The molecule has 1 aromatic carbocycles. The van der Waals surface area contributed by atoms with Crippen LogP contribution in [0.15, 0.2) is 47.6 Å². The highest BCUT2D eigenvalue weighted by molar-refractivity contribution is 14.0. The van der Waals surface area contributed by atoms with Gasteiger partial charge in [-0.3, -0.25) is 4.99 Å². The van der Waals surface area contributed by atoms with Gasteiger partial charge < -0.3 is 15.4 Å². The van der Waals surface area contributed by atoms with Gasteiger partial charge in [-0.05, 0) is 54.7 Å². The Morgan fingerprint density at radius 2 is 1.93 bits per heavy atom. The average Bonchev–Trinajstić information content (AvgIpc) is 2.67. The highest BCUT2D eigenvalue weighted by Crippen LogP contribution is 2.19. The molecule has 0 radical (unpaired) electrons. The summed E-state index contributed by atoms with van der Waals surface area (Å²) in [7, 11) is 1.76. The molecule has 0 spiro atoms. The maximum absolute atomic E-state index is 12.9. The topological polar surface area (TPSA) is 58.5 Å². The molecule has 2 aromatic rings. The third-order valence-corrected chi connectivity index (χ3v) is 4.28. The second-order valence-corrected chi connectivity index (χ2v) is 6.60. The fraction of sp³-hybridized carbons (Fsp3) is 0.368. The minimum absolute atomic E-state index is 0. The quantitative estimate of drug-likeness (QED) is 0.229. The van der Waals surface area contributed by atoms with Crippen LogP contribution in [0.5, 0.6) is 11.6 Å². The lowest BCUT2D eigenvalue weighted by molar-refractivity contribution is 0.461. The summed E-state index contributed by atoms with van der Waals surface area (Å²) in [5.41, 5.74) is 1.02. The van der Waals surface area contributed by atoms with E-state index in [1.54, 1.807) is 31.4 Å². The van der Waals surface area contributed by atoms with Crippen molar-refractivity contribution in [2.75, 3.05) is 25.6 Å². The van der Waals surface area contributed by atoms with E-state index in [2.05, 4.69) is 26.9 Å². The highest BCUT2D eigenvalue weighted by Gasteiger charge is 2.02. The largest absolute Gasteiger partial charge is 0.439 e. The number of nitrogens with zero attached hydrogens (tertiary/aromatic N) is 2. The predicted molar refractivity (Wildman–Crippen MR) is 122 cm³/mol. The molecule has 27 heavy (non-hydrogen) atoms. The number of hydrogen-bond acceptors (Lipinski definition) is 4. The molecule has 0 aliphatic rings. The van der Waals surface area contributed by atoms with E-state index >= 15 is 0 Å². The monoisotopic (exact) mass is 504 g/mol. The maximum atomic E-state index is 12.9. The highest BCUT2D eigenvalue weighted by atomic mass is 127. The minimum Gasteiger partial charge on any atom is -0.439 e. The summed E-state index contributed by atoms with van der Waals surface area (Å²) in [6.45, 7) is 1.53. The van der Waals surface area contributed by atoms with Crippen LogP contribution in [0.2, 0.25) is 0 Å². The fourth-order valence-electron chi connectivity index (χ4n) is 2.18. The number of aliphatic imine (C=N–C) groups is 1. The van der Waals surface area contributed by atoms with Gasteiger partial charge in [0, 0.05) is 32.4 Å². The van der Waals surface area contributed by atoms with Crippen molar-refractivity contribution in [2.45, 2.75) is 19.4 Å². The molecule has 0 saturated heterocycles. The van der Waals surface area contributed by atoms with E-state index in [0.717, 1.165) is 24.5 Å². The molecule has 2 N–H and O–H groups in total. The normalized spacial score (nSPS) is 10.9. The first-order valence-electron chi connectivity index (χ1n) is 8.53. The van der Waals surface area contributed by atoms with Crippen LogP contribution in [0.3, 0.4) is 0 Å². The fourth-order valence-corrected chi connectivity index (χ4v) is 2.68. The number of rotatable bonds is 9. The third kappa shape index (κ3) is 9.28. The van der Waals surface area contributed by atoms with Crippen LogP contribution in [0, 0.1) is 5.82 Å². The zero-order valence-electron chi connectivity index (χ0n) is 15.6. The lowest BCUT2D eigenvalue weighted by Gasteiger charge is -2.12. The van der Waals surface area contributed by atoms with Crippen LogP contribution < -0.4 is 15.4 Å². The molecule has 0 atom stereocenters. The summed E-state index contributed by atoms with van der Waals surface area (Å²) in [4.78, 5) is 8.49. The van der Waals surface area contributed by atoms with Crippen molar-refractivity contribution in [1.29, 1.82) is 0 Å². The Hall–Kier alpha value is -1.55. The Bertz CT molecular complexity index is 683. The van der Waals surface area contributed by atoms with E-state index in [9.17, 15) is 4.39 Å². The molecule has 1 aromatic heterocycles. The van der Waals surface area contributed by atoms with Gasteiger partial charge in [0.05, 0.1) is 0 Å². The van der Waals surface area contributed by atoms with Crippen LogP contribution >= 0.6 is 35.7 Å². The van der Waals surface area contributed by atoms with E-state index < -0.39 is 0 Å². The van der Waals surface area contributed by atoms with Gasteiger partial charge in [0.15, 0.2) is 5.96 Å². The van der Waals surface area contributed by atoms with Crippen LogP contribution in [0.1, 0.15) is 18.4 Å². The van der Waals surface area contributed by atoms with Crippen molar-refractivity contribution in [3.8, 4) is 11.6 Å². The molecule has 0 amide bonds. The Labute approximate surface area is 181 Å². The molecule has 0 aliphatic carbocycles. The van der Waals surface area contributed by atoms with E-state index in [1.165, 1.54) is 24.3 Å². The summed E-state index contributed by atoms with van der Waals surface area (Å²) in [6, 6.07) is 9.58. The molecule has 0 fully saturated rings. The number of aromatic nitrogens is 1. The number of thioether (sulfide) groups is 1. The van der Waals surface area contributed by atoms with Gasteiger partial charge in [-0.2, -0.15) is 11.8 Å². The number of ether oxygens (including phenoxy) is 1. The minimum atomic E-state index is -0.294. The number of halogens is 2. The molecule has 2 rings (SSSR count). The maximum Gasteiger partial charge on any atom is 0.219 e. The van der Waals surface area contributed by atoms with Gasteiger partial charge in [0.2, 0.25) is 5.88 Å². The van der Waals surface area contributed by atoms with E-state index in [0.29, 0.717) is 18.2 Å². The van der Waals surface area contributed by atoms with E-state index in [1.807, 2.05) is 17.8 Å². The summed E-state index contributed by atoms with van der Waals surface area (Å²) >= 11 is 1.87. The lowest BCUT2D eigenvalue weighted by Crippen LogP contribution is -2.37. The van der Waals surface area contributed by atoms with Crippen molar-refractivity contribution >= 4 is 41.7 Å². The number of hydrogen-bond donors (Lipinski definition) is 2. The summed E-state index contributed by atoms with van der Waals surface area (Å²) < 4.78 is 18.5. The van der Waals surface area contributed by atoms with Gasteiger partial charge >= 0.3 is 0 Å². The van der Waals surface area contributed by atoms with Crippen molar-refractivity contribution in [3.63, 3.8) is 0 Å². The summed E-state index contributed by atoms with van der Waals surface area (Å²) in [6.07, 6.45) is 6.19. The SMILES string of the molecule is CN=C(NCCCCSC)NCc1ccc(Oc2ccc(F)cc2)nc1.I. The van der Waals surface area contributed by atoms with E-state index in [4.69, 9.17) is 4.74 Å². The first-order valence-corrected chi connectivity index (χ1v) is 9.92. The Kier molecular flexibility index (Phi) is 11.8. The Morgan fingerprint density at radius 1 is 1.15 bits per heavy atom. The summed E-state index contributed by atoms with van der Waals surface area (Å²) in [5, 5.41) is 6.56. The zero-order valence-corrected chi connectivity index (χ0v) is 18.7. The number of benzene rings is 1. The van der Waals surface area contributed by atoms with Crippen LogP contribution in [0.4, 0.5) is 4.39 Å². The van der Waals surface area contributed by atoms with Gasteiger partial charge in [-0.1, -0.05) is 6.07 Å². The number of nitrogens with one attached hydrogen (secondary N) is 2. The Balaban J connectivity index is 0.00000364. The first kappa shape index (κ1) is 23.5. The van der Waals surface area contributed by atoms with Gasteiger partial charge in [-0.25, -0.2) is 9.37 Å². The molecule has 0 saturated carbocycles. The molecular formula is C19H26FIN4OS. The van der Waals surface area contributed by atoms with Crippen LogP contribution in [-0.4, -0.2) is 36.5 Å². The standard InChI is InChI=1S/C19H25FN4OS.HI/c1-21-19(22-11-3-4-12-26-2)24-14-15-5-10-18(23-13-15)25-17-8-6-16(20)7-9-17;/h5-10,13H,3-4,11-12,14H2,1-2H3,(H2,21,22,24);1H. The van der Waals surface area contributed by atoms with Gasteiger partial charge in [0.25, 0.3) is 0 Å². The van der Waals surface area contributed by atoms with Crippen LogP contribution in [-0.2, 0) is 6.54 Å². The van der Waals surface area contributed by atoms with Crippen molar-refractivity contribution < 1.29 is 9.13 Å². The molecule has 8 heteroatoms. The number of guanidine groups is 1. The zero-order chi connectivity index (χ0) is 18.6. The third-order valence-electron chi connectivity index (χ3n) is 3.58. The molecule has 5 nitrogen and oxygen atoms in total. The lowest BCUT2D eigenvalue weighted by atomic mass is 10.3. The second-order valence-electron chi connectivity index (χ2n) is 5.61. The van der Waals surface area contributed by atoms with Crippen LogP contribution in [0.25, 0.3) is 0 Å². The predicted octanol–water partition coefficient (Wildman–Crippen LogP) is 4.44. The van der Waals surface area contributed by atoms with Crippen molar-refractivity contribution in [1.82, 2.24) is 15.6 Å². The van der Waals surface area contributed by atoms with Gasteiger partial charge in [0.1, 0.15) is 11.6 Å². The molecule has 0 aliphatic heterocycles. The number of unbranched alkanes of at least 4 members (excludes halogenated alkanes) is 1. The average molecular weight is 504 g/mol. The first-order chi connectivity index (χ1) is 12.7. The van der Waals surface area contributed by atoms with Crippen molar-refractivity contribution in [3.05, 3.63) is 54.0 Å². The smallest absolute Gasteiger partial charge is 0.219 e. The van der Waals surface area contributed by atoms with E-state index in [-0.39, 0.29) is 29.8 Å². The molecule has 0 bridgehead atoms. The molecule has 0 unspecified atom stereocenters. The molecule has 1 heterocycles. The number of pyridine rings is 1. The second kappa shape index (κ2) is 13.6. The Morgan fingerprint density at radius 3 is 2.56 bits per heavy atom. The molecular weight excluding hydrogens is 478 g/mol. The van der Waals surface area contributed by atoms with Gasteiger partial charge in [-0.15, -0.1) is 24.0 Å². The molecule has 148 valence electrons.